The van der Waals surface area contributed by atoms with Gasteiger partial charge in [-0.25, -0.2) is 0 Å². The summed E-state index contributed by atoms with van der Waals surface area (Å²) in [7, 11) is 0. The van der Waals surface area contributed by atoms with Crippen molar-refractivity contribution in [3.63, 3.8) is 0 Å². The van der Waals surface area contributed by atoms with E-state index in [4.69, 9.17) is 0 Å². The Morgan fingerprint density at radius 3 is 2.11 bits per heavy atom. The van der Waals surface area contributed by atoms with Crippen molar-refractivity contribution in [2.75, 3.05) is 0 Å². The lowest BCUT2D eigenvalue weighted by atomic mass is 9.95. The Bertz CT molecular complexity index is 295. The molecule has 4 nitrogen and oxygen atoms in total. The monoisotopic (exact) mass is 270 g/mol. The predicted octanol–water partition coefficient (Wildman–Crippen LogP) is 2.62. The lowest BCUT2D eigenvalue weighted by molar-refractivity contribution is -0.133. The molecule has 0 fully saturated rings. The standard InChI is InChI=1S/C15H30N2O2/c1-7-8-9-10-11(2)16-13(18)12(3)17-14(19)15(4,5)6/h11-12H,7-10H2,1-6H3,(H,16,18)(H,17,19). The first-order chi connectivity index (χ1) is 8.68. The number of amides is 2. The molecule has 2 amide bonds. The van der Waals surface area contributed by atoms with Crippen LogP contribution >= 0.6 is 0 Å². The van der Waals surface area contributed by atoms with Crippen molar-refractivity contribution in [1.29, 1.82) is 0 Å². The molecule has 2 unspecified atom stereocenters. The topological polar surface area (TPSA) is 58.2 Å². The van der Waals surface area contributed by atoms with E-state index < -0.39 is 11.5 Å². The Balaban J connectivity index is 4.10. The van der Waals surface area contributed by atoms with Gasteiger partial charge in [0.05, 0.1) is 0 Å². The molecule has 0 aliphatic heterocycles. The fraction of sp³-hybridized carbons (Fsp3) is 0.867. The number of hydrogen-bond acceptors (Lipinski definition) is 2. The largest absolute Gasteiger partial charge is 0.352 e. The molecule has 0 spiro atoms. The van der Waals surface area contributed by atoms with Crippen LogP contribution in [0.25, 0.3) is 0 Å². The predicted molar refractivity (Wildman–Crippen MR) is 78.8 cm³/mol. The quantitative estimate of drug-likeness (QED) is 0.699. The summed E-state index contributed by atoms with van der Waals surface area (Å²) in [5, 5.41) is 5.68. The zero-order chi connectivity index (χ0) is 15.1. The van der Waals surface area contributed by atoms with Gasteiger partial charge in [0.2, 0.25) is 11.8 Å². The maximum absolute atomic E-state index is 11.9. The molecule has 0 bridgehead atoms. The Kier molecular flexibility index (Phi) is 7.72. The molecule has 0 aliphatic carbocycles. The first-order valence-electron chi connectivity index (χ1n) is 7.29. The third kappa shape index (κ3) is 7.85. The van der Waals surface area contributed by atoms with Gasteiger partial charge in [0, 0.05) is 11.5 Å². The minimum Gasteiger partial charge on any atom is -0.352 e. The van der Waals surface area contributed by atoms with Crippen LogP contribution < -0.4 is 10.6 Å². The number of rotatable bonds is 7. The van der Waals surface area contributed by atoms with E-state index in [9.17, 15) is 9.59 Å². The molecular formula is C15H30N2O2. The van der Waals surface area contributed by atoms with E-state index in [-0.39, 0.29) is 17.9 Å². The second-order valence-corrected chi connectivity index (χ2v) is 6.35. The first kappa shape index (κ1) is 17.9. The summed E-state index contributed by atoms with van der Waals surface area (Å²) in [6.45, 7) is 11.4. The van der Waals surface area contributed by atoms with Crippen LogP contribution in [0.3, 0.4) is 0 Å². The van der Waals surface area contributed by atoms with Crippen molar-refractivity contribution in [1.82, 2.24) is 10.6 Å². The second-order valence-electron chi connectivity index (χ2n) is 6.35. The van der Waals surface area contributed by atoms with E-state index in [1.807, 2.05) is 27.7 Å². The van der Waals surface area contributed by atoms with Gasteiger partial charge in [-0.15, -0.1) is 0 Å². The molecule has 19 heavy (non-hydrogen) atoms. The molecule has 0 saturated carbocycles. The van der Waals surface area contributed by atoms with E-state index in [1.165, 1.54) is 12.8 Å². The third-order valence-corrected chi connectivity index (χ3v) is 3.05. The van der Waals surface area contributed by atoms with Gasteiger partial charge in [0.15, 0.2) is 0 Å². The molecule has 0 saturated heterocycles. The van der Waals surface area contributed by atoms with E-state index >= 15 is 0 Å². The van der Waals surface area contributed by atoms with Gasteiger partial charge in [0.25, 0.3) is 0 Å². The summed E-state index contributed by atoms with van der Waals surface area (Å²) in [5.41, 5.74) is -0.471. The summed E-state index contributed by atoms with van der Waals surface area (Å²) in [4.78, 5) is 23.7. The molecule has 0 aromatic heterocycles. The van der Waals surface area contributed by atoms with E-state index in [1.54, 1.807) is 6.92 Å². The molecular weight excluding hydrogens is 240 g/mol. The minimum absolute atomic E-state index is 0.103. The molecule has 0 aliphatic rings. The van der Waals surface area contributed by atoms with Crippen LogP contribution in [0.15, 0.2) is 0 Å². The van der Waals surface area contributed by atoms with Gasteiger partial charge in [-0.3, -0.25) is 9.59 Å². The lowest BCUT2D eigenvalue weighted by Crippen LogP contribution is -2.50. The Morgan fingerprint density at radius 1 is 1.05 bits per heavy atom. The van der Waals surface area contributed by atoms with Gasteiger partial charge in [0.1, 0.15) is 6.04 Å². The van der Waals surface area contributed by atoms with Crippen molar-refractivity contribution in [2.24, 2.45) is 5.41 Å². The highest BCUT2D eigenvalue weighted by molar-refractivity contribution is 5.89. The SMILES string of the molecule is CCCCCC(C)NC(=O)C(C)NC(=O)C(C)(C)C. The zero-order valence-corrected chi connectivity index (χ0v) is 13.3. The second kappa shape index (κ2) is 8.18. The molecule has 112 valence electrons. The van der Waals surface area contributed by atoms with E-state index in [0.29, 0.717) is 0 Å². The number of hydrogen-bond donors (Lipinski definition) is 2. The Morgan fingerprint density at radius 2 is 1.63 bits per heavy atom. The third-order valence-electron chi connectivity index (χ3n) is 3.05. The Labute approximate surface area is 117 Å². The van der Waals surface area contributed by atoms with Crippen LogP contribution in [0.1, 0.15) is 67.2 Å². The lowest BCUT2D eigenvalue weighted by Gasteiger charge is -2.23. The minimum atomic E-state index is -0.486. The molecule has 0 aromatic rings. The summed E-state index contributed by atoms with van der Waals surface area (Å²) in [6.07, 6.45) is 4.48. The summed E-state index contributed by atoms with van der Waals surface area (Å²) >= 11 is 0. The smallest absolute Gasteiger partial charge is 0.242 e. The number of unbranched alkanes of at least 4 members (excludes halogenated alkanes) is 2. The molecule has 0 heterocycles. The fourth-order valence-corrected chi connectivity index (χ4v) is 1.62. The van der Waals surface area contributed by atoms with Crippen LogP contribution in [0.2, 0.25) is 0 Å². The summed E-state index contributed by atoms with van der Waals surface area (Å²) in [5.74, 6) is -0.213. The summed E-state index contributed by atoms with van der Waals surface area (Å²) < 4.78 is 0. The van der Waals surface area contributed by atoms with Crippen molar-refractivity contribution in [3.05, 3.63) is 0 Å². The molecule has 2 N–H and O–H groups in total. The van der Waals surface area contributed by atoms with Gasteiger partial charge in [-0.2, -0.15) is 0 Å². The zero-order valence-electron chi connectivity index (χ0n) is 13.3. The van der Waals surface area contributed by atoms with E-state index in [2.05, 4.69) is 17.6 Å². The van der Waals surface area contributed by atoms with Gasteiger partial charge in [-0.1, -0.05) is 47.0 Å². The highest BCUT2D eigenvalue weighted by atomic mass is 16.2. The van der Waals surface area contributed by atoms with Gasteiger partial charge in [-0.05, 0) is 20.3 Å². The van der Waals surface area contributed by atoms with E-state index in [0.717, 1.165) is 12.8 Å². The van der Waals surface area contributed by atoms with Crippen LogP contribution in [0, 0.1) is 5.41 Å². The highest BCUT2D eigenvalue weighted by Crippen LogP contribution is 2.12. The van der Waals surface area contributed by atoms with Crippen molar-refractivity contribution in [2.45, 2.75) is 79.3 Å². The average Bonchev–Trinajstić information content (AvgIpc) is 2.27. The fourth-order valence-electron chi connectivity index (χ4n) is 1.62. The molecule has 4 heteroatoms. The van der Waals surface area contributed by atoms with Crippen molar-refractivity contribution in [3.8, 4) is 0 Å². The van der Waals surface area contributed by atoms with Crippen LogP contribution in [-0.2, 0) is 9.59 Å². The van der Waals surface area contributed by atoms with Gasteiger partial charge < -0.3 is 10.6 Å². The molecule has 2 atom stereocenters. The van der Waals surface area contributed by atoms with Crippen LogP contribution in [-0.4, -0.2) is 23.9 Å². The number of nitrogens with one attached hydrogen (secondary N) is 2. The number of carbonyl (C=O) groups is 2. The Hall–Kier alpha value is -1.06. The maximum atomic E-state index is 11.9. The van der Waals surface area contributed by atoms with Crippen LogP contribution in [0.4, 0.5) is 0 Å². The molecule has 0 radical (unpaired) electrons. The number of carbonyl (C=O) groups excluding carboxylic acids is 2. The van der Waals surface area contributed by atoms with Gasteiger partial charge >= 0.3 is 0 Å². The highest BCUT2D eigenvalue weighted by Gasteiger charge is 2.25. The molecule has 0 aromatic carbocycles. The normalized spacial score (nSPS) is 14.6. The van der Waals surface area contributed by atoms with Crippen LogP contribution in [0.5, 0.6) is 0 Å². The van der Waals surface area contributed by atoms with Crippen molar-refractivity contribution >= 4 is 11.8 Å². The van der Waals surface area contributed by atoms with Crippen molar-refractivity contribution < 1.29 is 9.59 Å². The first-order valence-corrected chi connectivity index (χ1v) is 7.29. The average molecular weight is 270 g/mol. The maximum Gasteiger partial charge on any atom is 0.242 e. The molecule has 0 rings (SSSR count). The summed E-state index contributed by atoms with van der Waals surface area (Å²) in [6, 6.07) is -0.326.